The Kier molecular flexibility index (Phi) is 4.12. The Hall–Kier alpha value is -1.93. The van der Waals surface area contributed by atoms with E-state index in [-0.39, 0.29) is 23.7 Å². The fourth-order valence-corrected chi connectivity index (χ4v) is 2.60. The highest BCUT2D eigenvalue weighted by Gasteiger charge is 2.29. The van der Waals surface area contributed by atoms with E-state index >= 15 is 0 Å². The van der Waals surface area contributed by atoms with Crippen LogP contribution in [0.3, 0.4) is 0 Å². The number of aromatic nitrogens is 4. The molecule has 1 N–H and O–H groups in total. The van der Waals surface area contributed by atoms with Gasteiger partial charge in [-0.15, -0.1) is 0 Å². The minimum atomic E-state index is -0.318. The predicted molar refractivity (Wildman–Crippen MR) is 76.3 cm³/mol. The Labute approximate surface area is 131 Å². The van der Waals surface area contributed by atoms with Crippen molar-refractivity contribution >= 4 is 17.5 Å². The first-order valence-electron chi connectivity index (χ1n) is 6.93. The molecule has 22 heavy (non-hydrogen) atoms. The Morgan fingerprint density at radius 1 is 1.50 bits per heavy atom. The second kappa shape index (κ2) is 6.05. The van der Waals surface area contributed by atoms with Crippen LogP contribution in [0.1, 0.15) is 29.0 Å². The summed E-state index contributed by atoms with van der Waals surface area (Å²) < 4.78 is 10.5. The zero-order chi connectivity index (χ0) is 15.7. The van der Waals surface area contributed by atoms with E-state index in [0.717, 1.165) is 0 Å². The number of aryl methyl sites for hydroxylation is 2. The minimum Gasteiger partial charge on any atom is -0.366 e. The van der Waals surface area contributed by atoms with Gasteiger partial charge in [-0.25, -0.2) is 4.98 Å². The van der Waals surface area contributed by atoms with E-state index in [1.807, 2.05) is 6.92 Å². The van der Waals surface area contributed by atoms with E-state index in [1.54, 1.807) is 11.8 Å². The van der Waals surface area contributed by atoms with Gasteiger partial charge in [0.1, 0.15) is 11.9 Å². The maximum absolute atomic E-state index is 12.4. The van der Waals surface area contributed by atoms with Crippen LogP contribution < -0.4 is 0 Å². The van der Waals surface area contributed by atoms with Crippen molar-refractivity contribution in [2.75, 3.05) is 19.7 Å². The number of nitrogens with zero attached hydrogens (tertiary/aromatic N) is 4. The van der Waals surface area contributed by atoms with Crippen molar-refractivity contribution in [2.24, 2.45) is 0 Å². The zero-order valence-electron chi connectivity index (χ0n) is 12.3. The lowest BCUT2D eigenvalue weighted by Gasteiger charge is -2.31. The first kappa shape index (κ1) is 15.0. The maximum Gasteiger partial charge on any atom is 0.229 e. The number of amides is 1. The smallest absolute Gasteiger partial charge is 0.229 e. The number of rotatable bonds is 3. The quantitative estimate of drug-likeness (QED) is 0.911. The van der Waals surface area contributed by atoms with Gasteiger partial charge < -0.3 is 14.2 Å². The summed E-state index contributed by atoms with van der Waals surface area (Å²) >= 11 is 5.91. The molecule has 0 spiro atoms. The first-order valence-corrected chi connectivity index (χ1v) is 7.31. The molecule has 1 aliphatic rings. The molecule has 1 unspecified atom stereocenters. The summed E-state index contributed by atoms with van der Waals surface area (Å²) in [6.07, 6.45) is -0.157. The molecule has 1 aliphatic heterocycles. The number of morpholine rings is 1. The van der Waals surface area contributed by atoms with Crippen LogP contribution in [0.4, 0.5) is 0 Å². The standard InChI is InChI=1S/C13H16ClN5O3/c1-7-9(12(14)22-18-7)5-11(20)19-3-4-21-10(6-19)13-15-8(2)16-17-13/h10H,3-6H2,1-2H3,(H,15,16,17). The molecule has 0 saturated carbocycles. The second-order valence-corrected chi connectivity index (χ2v) is 5.52. The number of hydrogen-bond acceptors (Lipinski definition) is 6. The van der Waals surface area contributed by atoms with Crippen LogP contribution in [0, 0.1) is 13.8 Å². The molecule has 0 radical (unpaired) electrons. The number of H-pyrrole nitrogens is 1. The van der Waals surface area contributed by atoms with Gasteiger partial charge in [0.25, 0.3) is 0 Å². The van der Waals surface area contributed by atoms with Crippen LogP contribution in [0.15, 0.2) is 4.52 Å². The van der Waals surface area contributed by atoms with Gasteiger partial charge >= 0.3 is 0 Å². The van der Waals surface area contributed by atoms with Crippen LogP contribution in [0.2, 0.25) is 5.22 Å². The second-order valence-electron chi connectivity index (χ2n) is 5.18. The van der Waals surface area contributed by atoms with Gasteiger partial charge in [-0.2, -0.15) is 5.10 Å². The largest absolute Gasteiger partial charge is 0.366 e. The summed E-state index contributed by atoms with van der Waals surface area (Å²) in [6, 6.07) is 0. The van der Waals surface area contributed by atoms with Gasteiger partial charge in [0.2, 0.25) is 11.1 Å². The molecule has 9 heteroatoms. The number of carbonyl (C=O) groups excluding carboxylic acids is 1. The van der Waals surface area contributed by atoms with E-state index in [4.69, 9.17) is 20.9 Å². The van der Waals surface area contributed by atoms with Crippen LogP contribution >= 0.6 is 11.6 Å². The average Bonchev–Trinajstić information content (AvgIpc) is 3.08. The van der Waals surface area contributed by atoms with Crippen molar-refractivity contribution in [2.45, 2.75) is 26.4 Å². The summed E-state index contributed by atoms with van der Waals surface area (Å²) in [5, 5.41) is 10.8. The molecular formula is C13H16ClN5O3. The first-order chi connectivity index (χ1) is 10.5. The van der Waals surface area contributed by atoms with E-state index in [1.165, 1.54) is 0 Å². The van der Waals surface area contributed by atoms with Gasteiger partial charge in [0, 0.05) is 12.1 Å². The van der Waals surface area contributed by atoms with Crippen molar-refractivity contribution in [1.29, 1.82) is 0 Å². The third-order valence-electron chi connectivity index (χ3n) is 3.59. The van der Waals surface area contributed by atoms with Crippen molar-refractivity contribution in [3.05, 3.63) is 28.1 Å². The summed E-state index contributed by atoms with van der Waals surface area (Å²) in [6.45, 7) is 4.97. The Balaban J connectivity index is 1.68. The van der Waals surface area contributed by atoms with Crippen molar-refractivity contribution < 1.29 is 14.1 Å². The van der Waals surface area contributed by atoms with Crippen LogP contribution in [0.25, 0.3) is 0 Å². The molecule has 0 aliphatic carbocycles. The summed E-state index contributed by atoms with van der Waals surface area (Å²) in [5.41, 5.74) is 1.26. The third kappa shape index (κ3) is 2.97. The highest BCUT2D eigenvalue weighted by Crippen LogP contribution is 2.23. The van der Waals surface area contributed by atoms with E-state index in [2.05, 4.69) is 20.3 Å². The molecule has 0 aromatic carbocycles. The highest BCUT2D eigenvalue weighted by molar-refractivity contribution is 6.29. The molecule has 8 nitrogen and oxygen atoms in total. The number of carbonyl (C=O) groups is 1. The van der Waals surface area contributed by atoms with Crippen molar-refractivity contribution in [1.82, 2.24) is 25.2 Å². The van der Waals surface area contributed by atoms with Gasteiger partial charge in [0.15, 0.2) is 5.82 Å². The van der Waals surface area contributed by atoms with E-state index < -0.39 is 0 Å². The fraction of sp³-hybridized carbons (Fsp3) is 0.538. The third-order valence-corrected chi connectivity index (χ3v) is 3.88. The molecule has 1 fully saturated rings. The molecule has 2 aromatic heterocycles. The topological polar surface area (TPSA) is 97.1 Å². The lowest BCUT2D eigenvalue weighted by molar-refractivity contribution is -0.138. The summed E-state index contributed by atoms with van der Waals surface area (Å²) in [7, 11) is 0. The van der Waals surface area contributed by atoms with E-state index in [0.29, 0.717) is 42.6 Å². The molecule has 118 valence electrons. The van der Waals surface area contributed by atoms with Gasteiger partial charge in [-0.1, -0.05) is 5.16 Å². The van der Waals surface area contributed by atoms with Crippen LogP contribution in [0.5, 0.6) is 0 Å². The monoisotopic (exact) mass is 325 g/mol. The maximum atomic E-state index is 12.4. The van der Waals surface area contributed by atoms with E-state index in [9.17, 15) is 4.79 Å². The Morgan fingerprint density at radius 2 is 2.32 bits per heavy atom. The Morgan fingerprint density at radius 3 is 2.95 bits per heavy atom. The number of halogens is 1. The van der Waals surface area contributed by atoms with Crippen molar-refractivity contribution in [3.63, 3.8) is 0 Å². The number of hydrogen-bond donors (Lipinski definition) is 1. The summed E-state index contributed by atoms with van der Waals surface area (Å²) in [5.74, 6) is 1.23. The zero-order valence-corrected chi connectivity index (χ0v) is 13.1. The Bertz CT molecular complexity index is 664. The van der Waals surface area contributed by atoms with Gasteiger partial charge in [-0.05, 0) is 25.4 Å². The lowest BCUT2D eigenvalue weighted by Crippen LogP contribution is -2.43. The molecule has 1 amide bonds. The van der Waals surface area contributed by atoms with Crippen LogP contribution in [-0.4, -0.2) is 50.8 Å². The summed E-state index contributed by atoms with van der Waals surface area (Å²) in [4.78, 5) is 18.4. The molecule has 1 atom stereocenters. The molecule has 0 bridgehead atoms. The van der Waals surface area contributed by atoms with Gasteiger partial charge in [0.05, 0.1) is 25.3 Å². The van der Waals surface area contributed by atoms with Gasteiger partial charge in [-0.3, -0.25) is 9.89 Å². The molecule has 3 rings (SSSR count). The molecule has 1 saturated heterocycles. The fourth-order valence-electron chi connectivity index (χ4n) is 2.36. The molecule has 3 heterocycles. The number of nitrogens with one attached hydrogen (secondary N) is 1. The normalized spacial score (nSPS) is 18.7. The SMILES string of the molecule is Cc1nc(C2CN(C(=O)Cc3c(C)noc3Cl)CCO2)n[nH]1. The van der Waals surface area contributed by atoms with Crippen LogP contribution in [-0.2, 0) is 16.0 Å². The molecule has 2 aromatic rings. The predicted octanol–water partition coefficient (Wildman–Crippen LogP) is 1.21. The highest BCUT2D eigenvalue weighted by atomic mass is 35.5. The lowest BCUT2D eigenvalue weighted by atomic mass is 10.1. The minimum absolute atomic E-state index is 0.0474. The molecular weight excluding hydrogens is 310 g/mol. The van der Waals surface area contributed by atoms with Crippen molar-refractivity contribution in [3.8, 4) is 0 Å². The average molecular weight is 326 g/mol. The number of ether oxygens (including phenoxy) is 1. The number of aromatic amines is 1.